The number of hydrogen-bond acceptors (Lipinski definition) is 5. The van der Waals surface area contributed by atoms with Crippen molar-refractivity contribution in [2.45, 2.75) is 25.4 Å². The molecule has 0 saturated carbocycles. The number of nitro groups is 1. The molecule has 1 fully saturated rings. The molecule has 2 aliphatic heterocycles. The number of nitrogens with zero attached hydrogens (tertiary/aromatic N) is 2. The van der Waals surface area contributed by atoms with E-state index < -0.39 is 4.92 Å². The first-order chi connectivity index (χ1) is 13.5. The molecule has 8 nitrogen and oxygen atoms in total. The van der Waals surface area contributed by atoms with Gasteiger partial charge in [0.15, 0.2) is 0 Å². The second kappa shape index (κ2) is 7.40. The molecule has 4 rings (SSSR count). The van der Waals surface area contributed by atoms with E-state index in [0.29, 0.717) is 24.4 Å². The molecule has 1 saturated heterocycles. The fourth-order valence-electron chi connectivity index (χ4n) is 3.57. The summed E-state index contributed by atoms with van der Waals surface area (Å²) in [6, 6.07) is 10.9. The standard InChI is InChI=1S/C20H19N3O5/c24-19(14-4-7-16(8-5-14)23(26)27)21-15-6-3-13-9-10-22(17(13)12-15)20(25)18-2-1-11-28-18/h3-8,12,18H,1-2,9-11H2,(H,21,24). The molecule has 0 spiro atoms. The number of rotatable bonds is 4. The van der Waals surface area contributed by atoms with E-state index in [1.165, 1.54) is 24.3 Å². The van der Waals surface area contributed by atoms with Crippen LogP contribution in [0.25, 0.3) is 0 Å². The maximum atomic E-state index is 12.7. The normalized spacial score (nSPS) is 18.0. The summed E-state index contributed by atoms with van der Waals surface area (Å²) in [5, 5.41) is 13.5. The van der Waals surface area contributed by atoms with Crippen LogP contribution in [-0.4, -0.2) is 36.0 Å². The third-order valence-electron chi connectivity index (χ3n) is 5.05. The summed E-state index contributed by atoms with van der Waals surface area (Å²) >= 11 is 0. The van der Waals surface area contributed by atoms with Gasteiger partial charge in [0.1, 0.15) is 6.10 Å². The molecule has 28 heavy (non-hydrogen) atoms. The number of nitro benzene ring substituents is 1. The van der Waals surface area contributed by atoms with Gasteiger partial charge in [0.25, 0.3) is 17.5 Å². The molecule has 2 heterocycles. The molecule has 0 aliphatic carbocycles. The van der Waals surface area contributed by atoms with Crippen LogP contribution in [0.1, 0.15) is 28.8 Å². The molecule has 0 radical (unpaired) electrons. The summed E-state index contributed by atoms with van der Waals surface area (Å²) in [4.78, 5) is 37.1. The van der Waals surface area contributed by atoms with Gasteiger partial charge in [-0.15, -0.1) is 0 Å². The van der Waals surface area contributed by atoms with Crippen molar-refractivity contribution in [3.63, 3.8) is 0 Å². The lowest BCUT2D eigenvalue weighted by Crippen LogP contribution is -2.37. The van der Waals surface area contributed by atoms with Gasteiger partial charge in [0, 0.05) is 42.2 Å². The number of ether oxygens (including phenoxy) is 1. The first kappa shape index (κ1) is 18.1. The van der Waals surface area contributed by atoms with Crippen molar-refractivity contribution < 1.29 is 19.2 Å². The molecular weight excluding hydrogens is 362 g/mol. The predicted molar refractivity (Wildman–Crippen MR) is 103 cm³/mol. The lowest BCUT2D eigenvalue weighted by atomic mass is 10.1. The Kier molecular flexibility index (Phi) is 4.79. The van der Waals surface area contributed by atoms with Crippen LogP contribution in [0, 0.1) is 10.1 Å². The van der Waals surface area contributed by atoms with Crippen molar-refractivity contribution in [1.82, 2.24) is 0 Å². The molecule has 1 N–H and O–H groups in total. The monoisotopic (exact) mass is 381 g/mol. The van der Waals surface area contributed by atoms with Crippen LogP contribution >= 0.6 is 0 Å². The predicted octanol–water partition coefficient (Wildman–Crippen LogP) is 2.92. The second-order valence-corrected chi connectivity index (χ2v) is 6.84. The van der Waals surface area contributed by atoms with Gasteiger partial charge in [-0.1, -0.05) is 6.07 Å². The van der Waals surface area contributed by atoms with Crippen LogP contribution in [0.15, 0.2) is 42.5 Å². The van der Waals surface area contributed by atoms with Crippen molar-refractivity contribution in [2.75, 3.05) is 23.4 Å². The molecular formula is C20H19N3O5. The third kappa shape index (κ3) is 3.46. The Morgan fingerprint density at radius 3 is 2.64 bits per heavy atom. The van der Waals surface area contributed by atoms with Gasteiger partial charge in [-0.05, 0) is 49.1 Å². The number of non-ortho nitro benzene ring substituents is 1. The molecule has 1 unspecified atom stereocenters. The SMILES string of the molecule is O=C(Nc1ccc2c(c1)N(C(=O)C1CCCO1)CC2)c1ccc([N+](=O)[O-])cc1. The van der Waals surface area contributed by atoms with E-state index in [2.05, 4.69) is 5.32 Å². The highest BCUT2D eigenvalue weighted by molar-refractivity contribution is 6.05. The average Bonchev–Trinajstić information content (AvgIpc) is 3.37. The zero-order valence-electron chi connectivity index (χ0n) is 15.1. The smallest absolute Gasteiger partial charge is 0.269 e. The number of benzene rings is 2. The lowest BCUT2D eigenvalue weighted by Gasteiger charge is -2.21. The Morgan fingerprint density at radius 2 is 1.96 bits per heavy atom. The van der Waals surface area contributed by atoms with E-state index in [1.807, 2.05) is 6.07 Å². The average molecular weight is 381 g/mol. The van der Waals surface area contributed by atoms with Gasteiger partial charge in [-0.25, -0.2) is 0 Å². The van der Waals surface area contributed by atoms with Crippen LogP contribution in [-0.2, 0) is 16.0 Å². The number of anilines is 2. The first-order valence-corrected chi connectivity index (χ1v) is 9.14. The fraction of sp³-hybridized carbons (Fsp3) is 0.300. The van der Waals surface area contributed by atoms with Crippen LogP contribution in [0.3, 0.4) is 0 Å². The highest BCUT2D eigenvalue weighted by atomic mass is 16.6. The van der Waals surface area contributed by atoms with Crippen molar-refractivity contribution in [3.8, 4) is 0 Å². The highest BCUT2D eigenvalue weighted by Gasteiger charge is 2.32. The van der Waals surface area contributed by atoms with Crippen molar-refractivity contribution in [2.24, 2.45) is 0 Å². The number of fused-ring (bicyclic) bond motifs is 1. The molecule has 2 aliphatic rings. The highest BCUT2D eigenvalue weighted by Crippen LogP contribution is 2.32. The largest absolute Gasteiger partial charge is 0.368 e. The van der Waals surface area contributed by atoms with Crippen LogP contribution in [0.5, 0.6) is 0 Å². The number of carbonyl (C=O) groups excluding carboxylic acids is 2. The molecule has 0 bridgehead atoms. The molecule has 8 heteroatoms. The fourth-order valence-corrected chi connectivity index (χ4v) is 3.57. The van der Waals surface area contributed by atoms with Gasteiger partial charge in [0.05, 0.1) is 4.92 Å². The number of hydrogen-bond donors (Lipinski definition) is 1. The number of nitrogens with one attached hydrogen (secondary N) is 1. The maximum Gasteiger partial charge on any atom is 0.269 e. The Hall–Kier alpha value is -3.26. The Labute approximate surface area is 161 Å². The van der Waals surface area contributed by atoms with E-state index >= 15 is 0 Å². The molecule has 0 aromatic heterocycles. The third-order valence-corrected chi connectivity index (χ3v) is 5.05. The van der Waals surface area contributed by atoms with Crippen molar-refractivity contribution in [3.05, 3.63) is 63.7 Å². The van der Waals surface area contributed by atoms with E-state index in [1.54, 1.807) is 17.0 Å². The van der Waals surface area contributed by atoms with Crippen molar-refractivity contribution in [1.29, 1.82) is 0 Å². The van der Waals surface area contributed by atoms with E-state index in [-0.39, 0.29) is 23.6 Å². The van der Waals surface area contributed by atoms with Crippen LogP contribution in [0.4, 0.5) is 17.1 Å². The van der Waals surface area contributed by atoms with E-state index in [9.17, 15) is 19.7 Å². The topological polar surface area (TPSA) is 102 Å². The Morgan fingerprint density at radius 1 is 1.18 bits per heavy atom. The van der Waals surface area contributed by atoms with Gasteiger partial charge < -0.3 is 15.0 Å². The first-order valence-electron chi connectivity index (χ1n) is 9.14. The minimum atomic E-state index is -0.512. The molecule has 2 amide bonds. The van der Waals surface area contributed by atoms with Crippen LogP contribution in [0.2, 0.25) is 0 Å². The molecule has 2 aromatic carbocycles. The zero-order valence-corrected chi connectivity index (χ0v) is 15.1. The Balaban J connectivity index is 1.50. The summed E-state index contributed by atoms with van der Waals surface area (Å²) in [6.07, 6.45) is 2.01. The zero-order chi connectivity index (χ0) is 19.7. The van der Waals surface area contributed by atoms with E-state index in [4.69, 9.17) is 4.74 Å². The number of carbonyl (C=O) groups is 2. The Bertz CT molecular complexity index is 935. The number of amides is 2. The summed E-state index contributed by atoms with van der Waals surface area (Å²) in [5.74, 6) is -0.403. The van der Waals surface area contributed by atoms with Gasteiger partial charge >= 0.3 is 0 Å². The summed E-state index contributed by atoms with van der Waals surface area (Å²) in [7, 11) is 0. The lowest BCUT2D eigenvalue weighted by molar-refractivity contribution is -0.384. The second-order valence-electron chi connectivity index (χ2n) is 6.84. The molecule has 1 atom stereocenters. The van der Waals surface area contributed by atoms with Gasteiger partial charge in [-0.3, -0.25) is 19.7 Å². The maximum absolute atomic E-state index is 12.7. The summed E-state index contributed by atoms with van der Waals surface area (Å²) < 4.78 is 5.51. The van der Waals surface area contributed by atoms with Crippen LogP contribution < -0.4 is 10.2 Å². The minimum absolute atomic E-state index is 0.0323. The summed E-state index contributed by atoms with van der Waals surface area (Å²) in [5.41, 5.74) is 2.66. The molecule has 2 aromatic rings. The van der Waals surface area contributed by atoms with E-state index in [0.717, 1.165) is 30.5 Å². The summed E-state index contributed by atoms with van der Waals surface area (Å²) in [6.45, 7) is 1.22. The minimum Gasteiger partial charge on any atom is -0.368 e. The quantitative estimate of drug-likeness (QED) is 0.648. The van der Waals surface area contributed by atoms with Crippen molar-refractivity contribution >= 4 is 28.9 Å². The molecule has 144 valence electrons. The van der Waals surface area contributed by atoms with Gasteiger partial charge in [0.2, 0.25) is 0 Å². The van der Waals surface area contributed by atoms with Gasteiger partial charge in [-0.2, -0.15) is 0 Å².